The summed E-state index contributed by atoms with van der Waals surface area (Å²) in [5, 5.41) is 3.34. The Morgan fingerprint density at radius 1 is 1.57 bits per heavy atom. The molecule has 0 saturated carbocycles. The number of sulfone groups is 1. The van der Waals surface area contributed by atoms with E-state index in [-0.39, 0.29) is 22.6 Å². The Morgan fingerprint density at radius 3 is 2.87 bits per heavy atom. The molecule has 1 aromatic rings. The largest absolute Gasteiger partial charge is 0.383 e. The topological polar surface area (TPSA) is 58.6 Å². The number of thiocarbonyl (C=S) groups is 1. The van der Waals surface area contributed by atoms with Gasteiger partial charge in [0.15, 0.2) is 14.9 Å². The molecule has 0 amide bonds. The lowest BCUT2D eigenvalue weighted by Crippen LogP contribution is -2.45. The van der Waals surface area contributed by atoms with Gasteiger partial charge in [-0.15, -0.1) is 0 Å². The molecule has 5 nitrogen and oxygen atoms in total. The van der Waals surface area contributed by atoms with Gasteiger partial charge in [0.1, 0.15) is 5.82 Å². The first-order valence-electron chi connectivity index (χ1n) is 7.04. The van der Waals surface area contributed by atoms with Crippen LogP contribution in [0.25, 0.3) is 0 Å². The maximum absolute atomic E-state index is 13.2. The number of anilines is 1. The summed E-state index contributed by atoms with van der Waals surface area (Å²) in [6.07, 6.45) is 0.526. The molecule has 0 unspecified atom stereocenters. The summed E-state index contributed by atoms with van der Waals surface area (Å²) in [6, 6.07) is 4.01. The third-order valence-electron chi connectivity index (χ3n) is 3.62. The minimum absolute atomic E-state index is 0.00955. The van der Waals surface area contributed by atoms with Crippen LogP contribution in [0.2, 0.25) is 5.02 Å². The van der Waals surface area contributed by atoms with E-state index in [0.717, 1.165) is 0 Å². The molecule has 2 rings (SSSR count). The van der Waals surface area contributed by atoms with Crippen molar-refractivity contribution in [1.82, 2.24) is 4.90 Å². The van der Waals surface area contributed by atoms with Crippen molar-refractivity contribution in [2.24, 2.45) is 0 Å². The molecule has 1 heterocycles. The zero-order valence-corrected chi connectivity index (χ0v) is 15.0. The van der Waals surface area contributed by atoms with Gasteiger partial charge in [-0.1, -0.05) is 11.6 Å². The molecule has 1 fully saturated rings. The predicted octanol–water partition coefficient (Wildman–Crippen LogP) is 2.31. The molecule has 1 atom stereocenters. The average Bonchev–Trinajstić information content (AvgIpc) is 2.83. The van der Waals surface area contributed by atoms with E-state index in [1.165, 1.54) is 18.2 Å². The van der Waals surface area contributed by atoms with Crippen LogP contribution < -0.4 is 5.32 Å². The lowest BCUT2D eigenvalue weighted by Gasteiger charge is -2.30. The van der Waals surface area contributed by atoms with E-state index in [9.17, 15) is 12.8 Å². The summed E-state index contributed by atoms with van der Waals surface area (Å²) in [5.74, 6) is -0.282. The number of benzene rings is 1. The van der Waals surface area contributed by atoms with Gasteiger partial charge in [0.2, 0.25) is 0 Å². The van der Waals surface area contributed by atoms with E-state index >= 15 is 0 Å². The third-order valence-corrected chi connectivity index (χ3v) is 5.99. The second kappa shape index (κ2) is 7.74. The van der Waals surface area contributed by atoms with Crippen LogP contribution in [0.3, 0.4) is 0 Å². The van der Waals surface area contributed by atoms with Crippen molar-refractivity contribution < 1.29 is 17.5 Å². The lowest BCUT2D eigenvalue weighted by molar-refractivity contribution is 0.166. The zero-order chi connectivity index (χ0) is 17.0. The van der Waals surface area contributed by atoms with Crippen molar-refractivity contribution in [2.75, 3.05) is 37.1 Å². The number of rotatable bonds is 5. The van der Waals surface area contributed by atoms with Crippen molar-refractivity contribution in [1.29, 1.82) is 0 Å². The summed E-state index contributed by atoms with van der Waals surface area (Å²) in [4.78, 5) is 1.81. The van der Waals surface area contributed by atoms with E-state index in [1.54, 1.807) is 12.0 Å². The molecule has 23 heavy (non-hydrogen) atoms. The molecule has 0 bridgehead atoms. The second-order valence-corrected chi connectivity index (χ2v) is 8.32. The van der Waals surface area contributed by atoms with E-state index in [1.807, 2.05) is 0 Å². The van der Waals surface area contributed by atoms with Crippen molar-refractivity contribution in [3.63, 3.8) is 0 Å². The van der Waals surface area contributed by atoms with Gasteiger partial charge in [-0.25, -0.2) is 12.8 Å². The highest BCUT2D eigenvalue weighted by Crippen LogP contribution is 2.22. The van der Waals surface area contributed by atoms with Crippen LogP contribution in [-0.2, 0) is 14.6 Å². The summed E-state index contributed by atoms with van der Waals surface area (Å²) in [7, 11) is -1.46. The molecule has 9 heteroatoms. The first kappa shape index (κ1) is 18.4. The van der Waals surface area contributed by atoms with E-state index < -0.39 is 15.7 Å². The fourth-order valence-corrected chi connectivity index (χ4v) is 4.70. The van der Waals surface area contributed by atoms with Crippen LogP contribution in [0, 0.1) is 5.82 Å². The predicted molar refractivity (Wildman–Crippen MR) is 93.3 cm³/mol. The minimum atomic E-state index is -3.02. The summed E-state index contributed by atoms with van der Waals surface area (Å²) in [5.41, 5.74) is 0.546. The van der Waals surface area contributed by atoms with Gasteiger partial charge in [-0.3, -0.25) is 0 Å². The Labute approximate surface area is 145 Å². The standard InChI is InChI=1S/C14H18ClFN2O3S2/c1-21-6-5-18(11-4-7-23(19,20)9-11)14(22)17-10-2-3-13(16)12(15)8-10/h2-3,8,11H,4-7,9H2,1H3,(H,17,22)/t11-/m1/s1. The van der Waals surface area contributed by atoms with E-state index in [0.29, 0.717) is 30.4 Å². The number of halogens is 2. The summed E-state index contributed by atoms with van der Waals surface area (Å²) in [6.45, 7) is 0.889. The van der Waals surface area contributed by atoms with Gasteiger partial charge in [0.05, 0.1) is 23.1 Å². The van der Waals surface area contributed by atoms with Gasteiger partial charge in [-0.05, 0) is 36.8 Å². The van der Waals surface area contributed by atoms with Crippen LogP contribution in [-0.4, -0.2) is 56.2 Å². The Balaban J connectivity index is 2.11. The minimum Gasteiger partial charge on any atom is -0.383 e. The molecule has 1 aromatic carbocycles. The number of hydrogen-bond acceptors (Lipinski definition) is 4. The Kier molecular flexibility index (Phi) is 6.19. The lowest BCUT2D eigenvalue weighted by atomic mass is 10.2. The summed E-state index contributed by atoms with van der Waals surface area (Å²) >= 11 is 11.1. The van der Waals surface area contributed by atoms with Crippen LogP contribution in [0.4, 0.5) is 10.1 Å². The van der Waals surface area contributed by atoms with Crippen molar-refractivity contribution in [2.45, 2.75) is 12.5 Å². The highest BCUT2D eigenvalue weighted by atomic mass is 35.5. The molecule has 0 aromatic heterocycles. The second-order valence-electron chi connectivity index (χ2n) is 5.30. The third kappa shape index (κ3) is 5.00. The van der Waals surface area contributed by atoms with Crippen molar-refractivity contribution >= 4 is 44.5 Å². The van der Waals surface area contributed by atoms with E-state index in [2.05, 4.69) is 5.32 Å². The molecule has 1 N–H and O–H groups in total. The molecule has 128 valence electrons. The number of nitrogens with one attached hydrogen (secondary N) is 1. The number of nitrogens with zero attached hydrogens (tertiary/aromatic N) is 1. The molecule has 0 aliphatic carbocycles. The molecule has 0 spiro atoms. The zero-order valence-electron chi connectivity index (χ0n) is 12.6. The number of methoxy groups -OCH3 is 1. The maximum atomic E-state index is 13.2. The van der Waals surface area contributed by atoms with Crippen LogP contribution in [0.5, 0.6) is 0 Å². The number of hydrogen-bond donors (Lipinski definition) is 1. The molecular formula is C14H18ClFN2O3S2. The molecular weight excluding hydrogens is 363 g/mol. The Hall–Kier alpha value is -0.960. The molecule has 1 aliphatic heterocycles. The van der Waals surface area contributed by atoms with Gasteiger partial charge in [0.25, 0.3) is 0 Å². The molecule has 1 saturated heterocycles. The summed E-state index contributed by atoms with van der Waals surface area (Å²) < 4.78 is 41.7. The number of ether oxygens (including phenoxy) is 1. The Bertz CT molecular complexity index is 685. The van der Waals surface area contributed by atoms with Gasteiger partial charge >= 0.3 is 0 Å². The van der Waals surface area contributed by atoms with Gasteiger partial charge < -0.3 is 15.0 Å². The van der Waals surface area contributed by atoms with E-state index in [4.69, 9.17) is 28.6 Å². The van der Waals surface area contributed by atoms with Crippen LogP contribution >= 0.6 is 23.8 Å². The fraction of sp³-hybridized carbons (Fsp3) is 0.500. The normalized spacial score (nSPS) is 19.5. The Morgan fingerprint density at radius 2 is 2.30 bits per heavy atom. The average molecular weight is 381 g/mol. The fourth-order valence-electron chi connectivity index (χ4n) is 2.43. The van der Waals surface area contributed by atoms with Crippen molar-refractivity contribution in [3.8, 4) is 0 Å². The maximum Gasteiger partial charge on any atom is 0.173 e. The highest BCUT2D eigenvalue weighted by Gasteiger charge is 2.33. The van der Waals surface area contributed by atoms with Gasteiger partial charge in [-0.2, -0.15) is 0 Å². The quantitative estimate of drug-likeness (QED) is 0.791. The molecule has 1 aliphatic rings. The van der Waals surface area contributed by atoms with Crippen molar-refractivity contribution in [3.05, 3.63) is 29.0 Å². The SMILES string of the molecule is COCCN(C(=S)Nc1ccc(F)c(Cl)c1)[C@@H]1CCS(=O)(=O)C1. The first-order chi connectivity index (χ1) is 10.8. The first-order valence-corrected chi connectivity index (χ1v) is 9.65. The smallest absolute Gasteiger partial charge is 0.173 e. The monoisotopic (exact) mass is 380 g/mol. The van der Waals surface area contributed by atoms with Crippen LogP contribution in [0.1, 0.15) is 6.42 Å². The van der Waals surface area contributed by atoms with Gasteiger partial charge in [0, 0.05) is 25.4 Å². The highest BCUT2D eigenvalue weighted by molar-refractivity contribution is 7.91. The van der Waals surface area contributed by atoms with Crippen LogP contribution in [0.15, 0.2) is 18.2 Å². The molecule has 0 radical (unpaired) electrons.